The van der Waals surface area contributed by atoms with Gasteiger partial charge in [-0.25, -0.2) is 0 Å². The summed E-state index contributed by atoms with van der Waals surface area (Å²) in [5.74, 6) is -0.114. The predicted octanol–water partition coefficient (Wildman–Crippen LogP) is 4.51. The standard InChI is InChI=1S/C14H11ClINO/c1-9-8-11(15)4-7-13(9)17-14(18)10-2-5-12(16)6-3-10/h2-8H,1H3,(H,17,18). The molecule has 2 nitrogen and oxygen atoms in total. The summed E-state index contributed by atoms with van der Waals surface area (Å²) in [6.45, 7) is 1.91. The van der Waals surface area contributed by atoms with Gasteiger partial charge in [-0.3, -0.25) is 4.79 Å². The minimum atomic E-state index is -0.114. The number of hydrogen-bond acceptors (Lipinski definition) is 1. The molecule has 0 unspecified atom stereocenters. The molecule has 0 aliphatic heterocycles. The second kappa shape index (κ2) is 5.71. The predicted molar refractivity (Wildman–Crippen MR) is 83.3 cm³/mol. The smallest absolute Gasteiger partial charge is 0.255 e. The number of carbonyl (C=O) groups excluding carboxylic acids is 1. The van der Waals surface area contributed by atoms with Crippen molar-refractivity contribution in [2.75, 3.05) is 5.32 Å². The molecule has 0 aliphatic carbocycles. The Morgan fingerprint density at radius 3 is 2.44 bits per heavy atom. The summed E-state index contributed by atoms with van der Waals surface area (Å²) in [5, 5.41) is 3.54. The molecule has 2 aromatic rings. The van der Waals surface area contributed by atoms with E-state index < -0.39 is 0 Å². The van der Waals surface area contributed by atoms with Crippen molar-refractivity contribution in [1.82, 2.24) is 0 Å². The van der Waals surface area contributed by atoms with Crippen LogP contribution in [-0.2, 0) is 0 Å². The summed E-state index contributed by atoms with van der Waals surface area (Å²) >= 11 is 8.08. The normalized spacial score (nSPS) is 10.2. The molecule has 1 amide bonds. The maximum atomic E-state index is 12.0. The number of rotatable bonds is 2. The van der Waals surface area contributed by atoms with E-state index in [1.54, 1.807) is 6.07 Å². The van der Waals surface area contributed by atoms with E-state index in [-0.39, 0.29) is 5.91 Å². The maximum Gasteiger partial charge on any atom is 0.255 e. The minimum Gasteiger partial charge on any atom is -0.322 e. The van der Waals surface area contributed by atoms with Crippen LogP contribution in [-0.4, -0.2) is 5.91 Å². The lowest BCUT2D eigenvalue weighted by Crippen LogP contribution is -2.12. The molecule has 2 rings (SSSR count). The highest BCUT2D eigenvalue weighted by Gasteiger charge is 2.07. The highest BCUT2D eigenvalue weighted by Crippen LogP contribution is 2.20. The Hall–Kier alpha value is -1.07. The van der Waals surface area contributed by atoms with Crippen molar-refractivity contribution in [1.29, 1.82) is 0 Å². The van der Waals surface area contributed by atoms with Gasteiger partial charge in [0.2, 0.25) is 0 Å². The quantitative estimate of drug-likeness (QED) is 0.774. The van der Waals surface area contributed by atoms with Gasteiger partial charge < -0.3 is 5.32 Å². The van der Waals surface area contributed by atoms with E-state index in [0.717, 1.165) is 14.8 Å². The van der Waals surface area contributed by atoms with E-state index in [1.165, 1.54) is 0 Å². The zero-order valence-electron chi connectivity index (χ0n) is 9.71. The molecule has 92 valence electrons. The van der Waals surface area contributed by atoms with Crippen LogP contribution in [0, 0.1) is 10.5 Å². The lowest BCUT2D eigenvalue weighted by Gasteiger charge is -2.08. The average Bonchev–Trinajstić information content (AvgIpc) is 2.33. The monoisotopic (exact) mass is 371 g/mol. The minimum absolute atomic E-state index is 0.114. The first-order chi connectivity index (χ1) is 8.56. The van der Waals surface area contributed by atoms with E-state index in [1.807, 2.05) is 43.3 Å². The molecule has 0 aliphatic rings. The van der Waals surface area contributed by atoms with Crippen LogP contribution in [0.5, 0.6) is 0 Å². The molecule has 1 N–H and O–H groups in total. The largest absolute Gasteiger partial charge is 0.322 e. The highest BCUT2D eigenvalue weighted by molar-refractivity contribution is 14.1. The Kier molecular flexibility index (Phi) is 4.24. The van der Waals surface area contributed by atoms with Crippen molar-refractivity contribution in [3.05, 3.63) is 62.2 Å². The summed E-state index contributed by atoms with van der Waals surface area (Å²) in [4.78, 5) is 12.0. The first kappa shape index (κ1) is 13.4. The van der Waals surface area contributed by atoms with Crippen LogP contribution in [0.1, 0.15) is 15.9 Å². The molecule has 0 bridgehead atoms. The zero-order chi connectivity index (χ0) is 13.1. The van der Waals surface area contributed by atoms with Gasteiger partial charge in [-0.1, -0.05) is 11.6 Å². The van der Waals surface area contributed by atoms with Gasteiger partial charge in [0.05, 0.1) is 0 Å². The molecular weight excluding hydrogens is 361 g/mol. The van der Waals surface area contributed by atoms with Crippen molar-refractivity contribution in [3.63, 3.8) is 0 Å². The third kappa shape index (κ3) is 3.23. The van der Waals surface area contributed by atoms with E-state index in [9.17, 15) is 4.79 Å². The molecule has 0 spiro atoms. The number of aryl methyl sites for hydroxylation is 1. The topological polar surface area (TPSA) is 29.1 Å². The van der Waals surface area contributed by atoms with E-state index >= 15 is 0 Å². The number of benzene rings is 2. The molecule has 0 heterocycles. The number of amides is 1. The molecule has 0 fully saturated rings. The molecular formula is C14H11ClINO. The number of hydrogen-bond donors (Lipinski definition) is 1. The number of halogens is 2. The van der Waals surface area contributed by atoms with Crippen LogP contribution in [0.25, 0.3) is 0 Å². The van der Waals surface area contributed by atoms with Gasteiger partial charge in [-0.05, 0) is 77.5 Å². The Balaban J connectivity index is 2.18. The molecule has 2 aromatic carbocycles. The second-order valence-electron chi connectivity index (χ2n) is 3.92. The first-order valence-electron chi connectivity index (χ1n) is 5.39. The van der Waals surface area contributed by atoms with Gasteiger partial charge in [0, 0.05) is 19.8 Å². The van der Waals surface area contributed by atoms with Crippen LogP contribution in [0.4, 0.5) is 5.69 Å². The highest BCUT2D eigenvalue weighted by atomic mass is 127. The lowest BCUT2D eigenvalue weighted by molar-refractivity contribution is 0.102. The van der Waals surface area contributed by atoms with E-state index in [0.29, 0.717) is 10.6 Å². The molecule has 0 saturated heterocycles. The summed E-state index contributed by atoms with van der Waals surface area (Å²) in [6, 6.07) is 12.8. The van der Waals surface area contributed by atoms with Crippen molar-refractivity contribution >= 4 is 45.8 Å². The first-order valence-corrected chi connectivity index (χ1v) is 6.85. The molecule has 0 aromatic heterocycles. The average molecular weight is 372 g/mol. The van der Waals surface area contributed by atoms with Gasteiger partial charge in [0.1, 0.15) is 0 Å². The van der Waals surface area contributed by atoms with Gasteiger partial charge in [-0.15, -0.1) is 0 Å². The summed E-state index contributed by atoms with van der Waals surface area (Å²) < 4.78 is 1.10. The fourth-order valence-corrected chi connectivity index (χ4v) is 2.15. The van der Waals surface area contributed by atoms with Gasteiger partial charge >= 0.3 is 0 Å². The summed E-state index contributed by atoms with van der Waals surface area (Å²) in [5.41, 5.74) is 2.37. The Bertz CT molecular complexity index is 581. The van der Waals surface area contributed by atoms with Crippen molar-refractivity contribution < 1.29 is 4.79 Å². The number of carbonyl (C=O) groups is 1. The van der Waals surface area contributed by atoms with Crippen LogP contribution >= 0.6 is 34.2 Å². The van der Waals surface area contributed by atoms with E-state index in [2.05, 4.69) is 27.9 Å². The van der Waals surface area contributed by atoms with Crippen LogP contribution in [0.3, 0.4) is 0 Å². The fourth-order valence-electron chi connectivity index (χ4n) is 1.56. The number of anilines is 1. The SMILES string of the molecule is Cc1cc(Cl)ccc1NC(=O)c1ccc(I)cc1. The summed E-state index contributed by atoms with van der Waals surface area (Å²) in [6.07, 6.45) is 0. The Morgan fingerprint density at radius 2 is 1.83 bits per heavy atom. The number of nitrogens with one attached hydrogen (secondary N) is 1. The molecule has 0 saturated carbocycles. The molecule has 0 atom stereocenters. The fraction of sp³-hybridized carbons (Fsp3) is 0.0714. The zero-order valence-corrected chi connectivity index (χ0v) is 12.6. The van der Waals surface area contributed by atoms with E-state index in [4.69, 9.17) is 11.6 Å². The lowest BCUT2D eigenvalue weighted by atomic mass is 10.1. The van der Waals surface area contributed by atoms with Crippen LogP contribution in [0.2, 0.25) is 5.02 Å². The molecule has 18 heavy (non-hydrogen) atoms. The van der Waals surface area contributed by atoms with Crippen molar-refractivity contribution in [2.24, 2.45) is 0 Å². The third-order valence-electron chi connectivity index (χ3n) is 2.54. The molecule has 0 radical (unpaired) electrons. The van der Waals surface area contributed by atoms with Crippen molar-refractivity contribution in [2.45, 2.75) is 6.92 Å². The maximum absolute atomic E-state index is 12.0. The van der Waals surface area contributed by atoms with Crippen LogP contribution in [0.15, 0.2) is 42.5 Å². The molecule has 4 heteroatoms. The van der Waals surface area contributed by atoms with Crippen molar-refractivity contribution in [3.8, 4) is 0 Å². The Morgan fingerprint density at radius 1 is 1.17 bits per heavy atom. The summed E-state index contributed by atoms with van der Waals surface area (Å²) in [7, 11) is 0. The second-order valence-corrected chi connectivity index (χ2v) is 5.60. The van der Waals surface area contributed by atoms with Gasteiger partial charge in [0.25, 0.3) is 5.91 Å². The van der Waals surface area contributed by atoms with Gasteiger partial charge in [-0.2, -0.15) is 0 Å². The van der Waals surface area contributed by atoms with Crippen LogP contribution < -0.4 is 5.32 Å². The Labute approximate surface area is 124 Å². The third-order valence-corrected chi connectivity index (χ3v) is 3.50. The van der Waals surface area contributed by atoms with Gasteiger partial charge in [0.15, 0.2) is 0 Å².